The molecule has 1 aromatic heterocycles. The van der Waals surface area contributed by atoms with Crippen molar-refractivity contribution in [2.45, 2.75) is 31.5 Å². The first-order chi connectivity index (χ1) is 8.08. The van der Waals surface area contributed by atoms with Gasteiger partial charge in [-0.3, -0.25) is 0 Å². The van der Waals surface area contributed by atoms with Gasteiger partial charge in [-0.1, -0.05) is 0 Å². The van der Waals surface area contributed by atoms with E-state index in [-0.39, 0.29) is 12.6 Å². The van der Waals surface area contributed by atoms with Gasteiger partial charge >= 0.3 is 12.4 Å². The molecule has 0 aliphatic carbocycles. The minimum Gasteiger partial charge on any atom is -0.352 e. The molecule has 102 valence electrons. The van der Waals surface area contributed by atoms with Crippen molar-refractivity contribution in [3.05, 3.63) is 24.3 Å². The Kier molecular flexibility index (Phi) is 3.84. The van der Waals surface area contributed by atoms with Crippen LogP contribution >= 0.6 is 0 Å². The summed E-state index contributed by atoms with van der Waals surface area (Å²) in [5.74, 6) is 0. The van der Waals surface area contributed by atoms with Crippen LogP contribution in [0.3, 0.4) is 0 Å². The Bertz CT molecular complexity index is 374. The normalized spacial score (nSPS) is 13.7. The second kappa shape index (κ2) is 4.71. The number of hydrogen-bond donors (Lipinski definition) is 0. The Morgan fingerprint density at radius 1 is 1.11 bits per heavy atom. The molecule has 0 saturated carbocycles. The Hall–Kier alpha value is -1.38. The Balaban J connectivity index is 2.89. The number of ether oxygens (including phenoxy) is 1. The van der Waals surface area contributed by atoms with Crippen LogP contribution in [0.25, 0.3) is 0 Å². The molecule has 1 rings (SSSR count). The molecule has 0 aliphatic heterocycles. The smallest absolute Gasteiger partial charge is 0.352 e. The molecule has 0 amide bonds. The van der Waals surface area contributed by atoms with Crippen LogP contribution in [0, 0.1) is 0 Å². The van der Waals surface area contributed by atoms with Gasteiger partial charge in [0.1, 0.15) is 6.33 Å². The number of rotatable bonds is 3. The molecule has 0 fully saturated rings. The minimum atomic E-state index is -5.57. The van der Waals surface area contributed by atoms with Crippen LogP contribution in [0.1, 0.15) is 12.6 Å². The summed E-state index contributed by atoms with van der Waals surface area (Å²) < 4.78 is 78.6. The van der Waals surface area contributed by atoms with E-state index in [1.807, 2.05) is 0 Å². The van der Waals surface area contributed by atoms with E-state index in [0.717, 1.165) is 12.4 Å². The fourth-order valence-electron chi connectivity index (χ4n) is 0.946. The van der Waals surface area contributed by atoms with Crippen LogP contribution in [0.15, 0.2) is 18.6 Å². The number of aromatic nitrogens is 2. The van der Waals surface area contributed by atoms with Crippen LogP contribution in [0.5, 0.6) is 0 Å². The molecule has 0 N–H and O–H groups in total. The highest BCUT2D eigenvalue weighted by atomic mass is 19.4. The maximum absolute atomic E-state index is 12.4. The second-order valence-corrected chi connectivity index (χ2v) is 3.52. The van der Waals surface area contributed by atoms with E-state index in [1.54, 1.807) is 0 Å². The first kappa shape index (κ1) is 14.7. The van der Waals surface area contributed by atoms with Crippen molar-refractivity contribution in [3.63, 3.8) is 0 Å². The number of alkyl halides is 6. The van der Waals surface area contributed by atoms with Crippen molar-refractivity contribution in [2.24, 2.45) is 0 Å². The predicted octanol–water partition coefficient (Wildman–Crippen LogP) is 2.88. The first-order valence-electron chi connectivity index (χ1n) is 4.60. The molecule has 0 spiro atoms. The third kappa shape index (κ3) is 2.89. The third-order valence-electron chi connectivity index (χ3n) is 2.23. The van der Waals surface area contributed by atoms with E-state index in [4.69, 9.17) is 0 Å². The topological polar surface area (TPSA) is 35.0 Å². The summed E-state index contributed by atoms with van der Waals surface area (Å²) in [5, 5.41) is 0. The summed E-state index contributed by atoms with van der Waals surface area (Å²) in [4.78, 5) is 6.95. The van der Waals surface area contributed by atoms with Crippen LogP contribution in [0.2, 0.25) is 0 Å². The van der Waals surface area contributed by atoms with E-state index in [9.17, 15) is 26.3 Å². The van der Waals surface area contributed by atoms with Gasteiger partial charge < -0.3 is 4.74 Å². The zero-order valence-corrected chi connectivity index (χ0v) is 9.01. The Morgan fingerprint density at radius 2 is 1.67 bits per heavy atom. The predicted molar refractivity (Wildman–Crippen MR) is 47.3 cm³/mol. The second-order valence-electron chi connectivity index (χ2n) is 3.52. The minimum absolute atomic E-state index is 0.0613. The molecule has 3 nitrogen and oxygen atoms in total. The number of halogens is 6. The lowest BCUT2D eigenvalue weighted by molar-refractivity contribution is -0.377. The van der Waals surface area contributed by atoms with Crippen LogP contribution < -0.4 is 0 Å². The van der Waals surface area contributed by atoms with E-state index < -0.39 is 24.6 Å². The molecule has 0 atom stereocenters. The standard InChI is InChI=1S/C9H8F6N2O/c1-7(8(10,11)12,9(13,14)15)18-4-6-2-3-16-5-17-6/h2-3,5H,4H2,1H3. The van der Waals surface area contributed by atoms with E-state index in [2.05, 4.69) is 14.7 Å². The third-order valence-corrected chi connectivity index (χ3v) is 2.23. The van der Waals surface area contributed by atoms with Gasteiger partial charge in [-0.05, 0) is 13.0 Å². The number of nitrogens with zero attached hydrogens (tertiary/aromatic N) is 2. The molecule has 0 radical (unpaired) electrons. The highest BCUT2D eigenvalue weighted by Crippen LogP contribution is 2.45. The van der Waals surface area contributed by atoms with E-state index >= 15 is 0 Å². The molecule has 9 heteroatoms. The molecule has 0 bridgehead atoms. The van der Waals surface area contributed by atoms with Crippen LogP contribution in [-0.2, 0) is 11.3 Å². The molecular formula is C9H8F6N2O. The summed E-state index contributed by atoms with van der Waals surface area (Å²) in [7, 11) is 0. The molecule has 18 heavy (non-hydrogen) atoms. The van der Waals surface area contributed by atoms with Gasteiger partial charge in [-0.2, -0.15) is 26.3 Å². The molecule has 0 aromatic carbocycles. The van der Waals surface area contributed by atoms with Crippen LogP contribution in [0.4, 0.5) is 26.3 Å². The highest BCUT2D eigenvalue weighted by molar-refractivity contribution is 4.98. The van der Waals surface area contributed by atoms with E-state index in [1.165, 1.54) is 6.20 Å². The average molecular weight is 274 g/mol. The molecule has 0 saturated heterocycles. The SMILES string of the molecule is CC(OCc1ccncn1)(C(F)(F)F)C(F)(F)F. The lowest BCUT2D eigenvalue weighted by Gasteiger charge is -2.33. The lowest BCUT2D eigenvalue weighted by atomic mass is 10.1. The summed E-state index contributed by atoms with van der Waals surface area (Å²) in [5.41, 5.74) is -4.31. The van der Waals surface area contributed by atoms with Crippen molar-refractivity contribution >= 4 is 0 Å². The van der Waals surface area contributed by atoms with Gasteiger partial charge in [0, 0.05) is 6.20 Å². The number of hydrogen-bond acceptors (Lipinski definition) is 3. The summed E-state index contributed by atoms with van der Waals surface area (Å²) in [6.45, 7) is -0.980. The molecule has 0 unspecified atom stereocenters. The zero-order valence-electron chi connectivity index (χ0n) is 9.01. The fourth-order valence-corrected chi connectivity index (χ4v) is 0.946. The Morgan fingerprint density at radius 3 is 2.06 bits per heavy atom. The molecular weight excluding hydrogens is 266 g/mol. The van der Waals surface area contributed by atoms with E-state index in [0.29, 0.717) is 0 Å². The van der Waals surface area contributed by atoms with Gasteiger partial charge in [0.2, 0.25) is 0 Å². The largest absolute Gasteiger partial charge is 0.426 e. The maximum Gasteiger partial charge on any atom is 0.426 e. The van der Waals surface area contributed by atoms with Crippen molar-refractivity contribution in [3.8, 4) is 0 Å². The van der Waals surface area contributed by atoms with Gasteiger partial charge in [-0.15, -0.1) is 0 Å². The first-order valence-corrected chi connectivity index (χ1v) is 4.60. The summed E-state index contributed by atoms with van der Waals surface area (Å²) in [6.07, 6.45) is -8.96. The van der Waals surface area contributed by atoms with Crippen molar-refractivity contribution < 1.29 is 31.1 Å². The maximum atomic E-state index is 12.4. The monoisotopic (exact) mass is 274 g/mol. The van der Waals surface area contributed by atoms with Crippen LogP contribution in [-0.4, -0.2) is 27.9 Å². The molecule has 1 heterocycles. The quantitative estimate of drug-likeness (QED) is 0.795. The molecule has 0 aliphatic rings. The summed E-state index contributed by atoms with van der Waals surface area (Å²) >= 11 is 0. The fraction of sp³-hybridized carbons (Fsp3) is 0.556. The lowest BCUT2D eigenvalue weighted by Crippen LogP contribution is -2.56. The highest BCUT2D eigenvalue weighted by Gasteiger charge is 2.69. The van der Waals surface area contributed by atoms with Gasteiger partial charge in [0.15, 0.2) is 0 Å². The zero-order chi connectivity index (χ0) is 14.0. The van der Waals surface area contributed by atoms with Crippen molar-refractivity contribution in [1.29, 1.82) is 0 Å². The van der Waals surface area contributed by atoms with Crippen molar-refractivity contribution in [1.82, 2.24) is 9.97 Å². The van der Waals surface area contributed by atoms with Gasteiger partial charge in [-0.25, -0.2) is 9.97 Å². The van der Waals surface area contributed by atoms with Gasteiger partial charge in [0.05, 0.1) is 12.3 Å². The summed E-state index contributed by atoms with van der Waals surface area (Å²) in [6, 6.07) is 1.16. The van der Waals surface area contributed by atoms with Crippen molar-refractivity contribution in [2.75, 3.05) is 0 Å². The Labute approximate surface area is 97.8 Å². The molecule has 1 aromatic rings. The van der Waals surface area contributed by atoms with Gasteiger partial charge in [0.25, 0.3) is 5.60 Å². The average Bonchev–Trinajstić information content (AvgIpc) is 2.24.